The van der Waals surface area contributed by atoms with Crippen LogP contribution in [-0.2, 0) is 4.79 Å². The number of para-hydroxylation sites is 1. The summed E-state index contributed by atoms with van der Waals surface area (Å²) in [4.78, 5) is 16.2. The van der Waals surface area contributed by atoms with Crippen LogP contribution in [0.15, 0.2) is 30.3 Å². The van der Waals surface area contributed by atoms with Crippen LogP contribution in [0.1, 0.15) is 6.42 Å². The van der Waals surface area contributed by atoms with Gasteiger partial charge < -0.3 is 15.5 Å². The molecule has 1 aromatic rings. The number of hydrogen-bond donors (Lipinski definition) is 1. The van der Waals surface area contributed by atoms with Crippen molar-refractivity contribution in [2.75, 3.05) is 31.1 Å². The van der Waals surface area contributed by atoms with E-state index < -0.39 is 0 Å². The molecule has 2 N–H and O–H groups in total. The molecule has 0 aromatic heterocycles. The summed E-state index contributed by atoms with van der Waals surface area (Å²) in [6, 6.07) is 10.2. The van der Waals surface area contributed by atoms with Gasteiger partial charge in [-0.05, 0) is 12.1 Å². The Labute approximate surface area is 112 Å². The van der Waals surface area contributed by atoms with Gasteiger partial charge in [0.1, 0.15) is 0 Å². The molecule has 0 bridgehead atoms. The van der Waals surface area contributed by atoms with E-state index in [1.807, 2.05) is 23.1 Å². The Morgan fingerprint density at radius 2 is 1.78 bits per heavy atom. The van der Waals surface area contributed by atoms with Crippen LogP contribution < -0.4 is 10.6 Å². The van der Waals surface area contributed by atoms with Crippen LogP contribution >= 0.6 is 12.2 Å². The minimum atomic E-state index is 0.0372. The molecule has 96 valence electrons. The van der Waals surface area contributed by atoms with E-state index in [-0.39, 0.29) is 17.3 Å². The lowest BCUT2D eigenvalue weighted by Crippen LogP contribution is -2.49. The van der Waals surface area contributed by atoms with E-state index in [9.17, 15) is 4.79 Å². The summed E-state index contributed by atoms with van der Waals surface area (Å²) in [6.45, 7) is 3.17. The van der Waals surface area contributed by atoms with Gasteiger partial charge in [0.15, 0.2) is 0 Å². The Hall–Kier alpha value is -1.62. The third kappa shape index (κ3) is 3.20. The summed E-state index contributed by atoms with van der Waals surface area (Å²) in [5.74, 6) is 0.0372. The first-order chi connectivity index (χ1) is 8.66. The highest BCUT2D eigenvalue weighted by molar-refractivity contribution is 7.80. The summed E-state index contributed by atoms with van der Waals surface area (Å²) in [7, 11) is 0. The second-order valence-electron chi connectivity index (χ2n) is 4.35. The molecule has 2 rings (SSSR count). The van der Waals surface area contributed by atoms with Gasteiger partial charge in [-0.15, -0.1) is 0 Å². The summed E-state index contributed by atoms with van der Waals surface area (Å²) in [6.07, 6.45) is 0.181. The number of nitrogens with zero attached hydrogens (tertiary/aromatic N) is 2. The zero-order valence-electron chi connectivity index (χ0n) is 10.2. The number of carbonyl (C=O) groups excluding carboxylic acids is 1. The monoisotopic (exact) mass is 263 g/mol. The fourth-order valence-electron chi connectivity index (χ4n) is 2.11. The van der Waals surface area contributed by atoms with Crippen molar-refractivity contribution in [1.29, 1.82) is 0 Å². The lowest BCUT2D eigenvalue weighted by Gasteiger charge is -2.36. The van der Waals surface area contributed by atoms with Crippen molar-refractivity contribution < 1.29 is 4.79 Å². The Balaban J connectivity index is 1.88. The van der Waals surface area contributed by atoms with Gasteiger partial charge in [0, 0.05) is 31.9 Å². The molecule has 0 aliphatic carbocycles. The lowest BCUT2D eigenvalue weighted by atomic mass is 10.2. The molecule has 18 heavy (non-hydrogen) atoms. The topological polar surface area (TPSA) is 49.6 Å². The molecule has 1 aliphatic rings. The Morgan fingerprint density at radius 3 is 2.33 bits per heavy atom. The predicted molar refractivity (Wildman–Crippen MR) is 76.6 cm³/mol. The minimum absolute atomic E-state index is 0.0372. The van der Waals surface area contributed by atoms with E-state index in [4.69, 9.17) is 18.0 Å². The molecule has 0 radical (unpaired) electrons. The highest BCUT2D eigenvalue weighted by atomic mass is 32.1. The third-order valence-electron chi connectivity index (χ3n) is 3.08. The maximum atomic E-state index is 11.8. The largest absolute Gasteiger partial charge is 0.393 e. The van der Waals surface area contributed by atoms with Crippen LogP contribution in [0.5, 0.6) is 0 Å². The van der Waals surface area contributed by atoms with Gasteiger partial charge >= 0.3 is 0 Å². The summed E-state index contributed by atoms with van der Waals surface area (Å²) >= 11 is 4.76. The highest BCUT2D eigenvalue weighted by Gasteiger charge is 2.21. The number of hydrogen-bond acceptors (Lipinski definition) is 3. The summed E-state index contributed by atoms with van der Waals surface area (Å²) in [5, 5.41) is 0. The van der Waals surface area contributed by atoms with E-state index in [0.717, 1.165) is 26.2 Å². The molecule has 1 aromatic carbocycles. The number of benzene rings is 1. The van der Waals surface area contributed by atoms with Crippen molar-refractivity contribution in [1.82, 2.24) is 4.90 Å². The third-order valence-corrected chi connectivity index (χ3v) is 3.22. The van der Waals surface area contributed by atoms with Gasteiger partial charge in [0.2, 0.25) is 5.91 Å². The Bertz CT molecular complexity index is 427. The molecule has 0 unspecified atom stereocenters. The molecule has 1 fully saturated rings. The van der Waals surface area contributed by atoms with Gasteiger partial charge in [0.25, 0.3) is 0 Å². The summed E-state index contributed by atoms with van der Waals surface area (Å²) < 4.78 is 0. The van der Waals surface area contributed by atoms with E-state index >= 15 is 0 Å². The number of thiocarbonyl (C=S) groups is 1. The van der Waals surface area contributed by atoms with Crippen molar-refractivity contribution in [2.45, 2.75) is 6.42 Å². The smallest absolute Gasteiger partial charge is 0.229 e. The van der Waals surface area contributed by atoms with Crippen molar-refractivity contribution in [3.05, 3.63) is 30.3 Å². The van der Waals surface area contributed by atoms with Gasteiger partial charge in [-0.1, -0.05) is 30.4 Å². The number of anilines is 1. The minimum Gasteiger partial charge on any atom is -0.393 e. The maximum absolute atomic E-state index is 11.8. The van der Waals surface area contributed by atoms with Gasteiger partial charge in [0.05, 0.1) is 11.4 Å². The molecule has 1 heterocycles. The first-order valence-electron chi connectivity index (χ1n) is 6.03. The van der Waals surface area contributed by atoms with Crippen molar-refractivity contribution >= 4 is 28.8 Å². The van der Waals surface area contributed by atoms with Crippen LogP contribution in [0, 0.1) is 0 Å². The van der Waals surface area contributed by atoms with Gasteiger partial charge in [-0.2, -0.15) is 0 Å². The van der Waals surface area contributed by atoms with Crippen LogP contribution in [0.2, 0.25) is 0 Å². The van der Waals surface area contributed by atoms with Crippen molar-refractivity contribution in [2.24, 2.45) is 5.73 Å². The molecular weight excluding hydrogens is 246 g/mol. The standard InChI is InChI=1S/C13H17N3OS/c14-12(18)10-13(17)16-8-6-15(7-9-16)11-4-2-1-3-5-11/h1-5H,6-10H2,(H2,14,18). The maximum Gasteiger partial charge on any atom is 0.229 e. The Morgan fingerprint density at radius 1 is 1.17 bits per heavy atom. The lowest BCUT2D eigenvalue weighted by molar-refractivity contribution is -0.130. The first-order valence-corrected chi connectivity index (χ1v) is 6.44. The average molecular weight is 263 g/mol. The van der Waals surface area contributed by atoms with Crippen molar-refractivity contribution in [3.8, 4) is 0 Å². The SMILES string of the molecule is NC(=S)CC(=O)N1CCN(c2ccccc2)CC1. The Kier molecular flexibility index (Phi) is 4.15. The molecule has 5 heteroatoms. The second-order valence-corrected chi connectivity index (χ2v) is 4.87. The number of rotatable bonds is 3. The average Bonchev–Trinajstić information content (AvgIpc) is 2.39. The van der Waals surface area contributed by atoms with E-state index in [0.29, 0.717) is 0 Å². The van der Waals surface area contributed by atoms with Crippen molar-refractivity contribution in [3.63, 3.8) is 0 Å². The number of piperazine rings is 1. The van der Waals surface area contributed by atoms with E-state index in [1.165, 1.54) is 5.69 Å². The van der Waals surface area contributed by atoms with E-state index in [2.05, 4.69) is 17.0 Å². The molecule has 0 saturated carbocycles. The molecule has 1 saturated heterocycles. The molecule has 4 nitrogen and oxygen atoms in total. The number of carbonyl (C=O) groups is 1. The quantitative estimate of drug-likeness (QED) is 0.827. The van der Waals surface area contributed by atoms with Crippen LogP contribution in [-0.4, -0.2) is 42.0 Å². The predicted octanol–water partition coefficient (Wildman–Crippen LogP) is 1.01. The van der Waals surface area contributed by atoms with Crippen LogP contribution in [0.3, 0.4) is 0 Å². The second kappa shape index (κ2) is 5.82. The van der Waals surface area contributed by atoms with Gasteiger partial charge in [-0.25, -0.2) is 0 Å². The van der Waals surface area contributed by atoms with Crippen LogP contribution in [0.25, 0.3) is 0 Å². The summed E-state index contributed by atoms with van der Waals surface area (Å²) in [5.41, 5.74) is 6.60. The normalized spacial score (nSPS) is 15.6. The molecule has 0 atom stereocenters. The number of nitrogens with two attached hydrogens (primary N) is 1. The fraction of sp³-hybridized carbons (Fsp3) is 0.385. The van der Waals surface area contributed by atoms with E-state index in [1.54, 1.807) is 0 Å². The fourth-order valence-corrected chi connectivity index (χ4v) is 2.24. The zero-order valence-corrected chi connectivity index (χ0v) is 11.0. The zero-order chi connectivity index (χ0) is 13.0. The molecular formula is C13H17N3OS. The first kappa shape index (κ1) is 12.8. The van der Waals surface area contributed by atoms with Crippen LogP contribution in [0.4, 0.5) is 5.69 Å². The van der Waals surface area contributed by atoms with Gasteiger partial charge in [-0.3, -0.25) is 4.79 Å². The molecule has 0 spiro atoms. The number of amides is 1. The highest BCUT2D eigenvalue weighted by Crippen LogP contribution is 2.15. The molecule has 1 aliphatic heterocycles. The molecule has 1 amide bonds.